The number of ether oxygens (including phenoxy) is 1. The highest BCUT2D eigenvalue weighted by Crippen LogP contribution is 2.31. The van der Waals surface area contributed by atoms with Crippen LogP contribution in [0, 0.1) is 6.92 Å². The molecule has 1 aromatic rings. The Morgan fingerprint density at radius 1 is 1.33 bits per heavy atom. The van der Waals surface area contributed by atoms with Gasteiger partial charge in [-0.1, -0.05) is 6.07 Å². The molecule has 3 nitrogen and oxygen atoms in total. The minimum absolute atomic E-state index is 0.556. The van der Waals surface area contributed by atoms with E-state index in [-0.39, 0.29) is 0 Å². The molecule has 0 amide bonds. The van der Waals surface area contributed by atoms with E-state index in [2.05, 4.69) is 31.0 Å². The Kier molecular flexibility index (Phi) is 3.35. The molecule has 1 saturated heterocycles. The van der Waals surface area contributed by atoms with Crippen LogP contribution in [-0.4, -0.2) is 36.2 Å². The Bertz CT molecular complexity index is 423. The van der Waals surface area contributed by atoms with E-state index in [1.807, 2.05) is 0 Å². The van der Waals surface area contributed by atoms with Crippen LogP contribution in [0.4, 0.5) is 0 Å². The number of pyridine rings is 1. The summed E-state index contributed by atoms with van der Waals surface area (Å²) in [6.45, 7) is 4.83. The third-order valence-electron chi connectivity index (χ3n) is 4.09. The van der Waals surface area contributed by atoms with Crippen molar-refractivity contribution in [2.75, 3.05) is 20.3 Å². The summed E-state index contributed by atoms with van der Waals surface area (Å²) in [5.41, 5.74) is 3.79. The first-order valence-electron chi connectivity index (χ1n) is 6.98. The molecule has 1 aromatic heterocycles. The van der Waals surface area contributed by atoms with Gasteiger partial charge in [-0.15, -0.1) is 0 Å². The van der Waals surface area contributed by atoms with E-state index >= 15 is 0 Å². The Hall–Kier alpha value is -0.930. The van der Waals surface area contributed by atoms with Crippen molar-refractivity contribution in [1.29, 1.82) is 0 Å². The van der Waals surface area contributed by atoms with Gasteiger partial charge < -0.3 is 4.74 Å². The Morgan fingerprint density at radius 2 is 2.17 bits per heavy atom. The maximum atomic E-state index is 5.52. The highest BCUT2D eigenvalue weighted by molar-refractivity contribution is 5.27. The normalized spacial score (nSPS) is 23.8. The van der Waals surface area contributed by atoms with Crippen LogP contribution in [-0.2, 0) is 11.3 Å². The van der Waals surface area contributed by atoms with E-state index in [9.17, 15) is 0 Å². The van der Waals surface area contributed by atoms with Gasteiger partial charge >= 0.3 is 0 Å². The molecule has 1 aliphatic carbocycles. The summed E-state index contributed by atoms with van der Waals surface area (Å²) in [5, 5.41) is 0. The third-order valence-corrected chi connectivity index (χ3v) is 4.09. The maximum Gasteiger partial charge on any atom is 0.0582 e. The van der Waals surface area contributed by atoms with E-state index in [4.69, 9.17) is 9.72 Å². The van der Waals surface area contributed by atoms with E-state index in [0.717, 1.165) is 37.9 Å². The van der Waals surface area contributed by atoms with Crippen LogP contribution >= 0.6 is 0 Å². The molecule has 1 unspecified atom stereocenters. The third kappa shape index (κ3) is 2.57. The predicted molar refractivity (Wildman–Crippen MR) is 71.6 cm³/mol. The largest absolute Gasteiger partial charge is 0.381 e. The molecule has 18 heavy (non-hydrogen) atoms. The van der Waals surface area contributed by atoms with Gasteiger partial charge in [0.2, 0.25) is 0 Å². The molecular weight excluding hydrogens is 224 g/mol. The van der Waals surface area contributed by atoms with Gasteiger partial charge in [-0.05, 0) is 44.9 Å². The summed E-state index contributed by atoms with van der Waals surface area (Å²) in [5.74, 6) is 0.556. The summed E-state index contributed by atoms with van der Waals surface area (Å²) in [4.78, 5) is 7.22. The first-order chi connectivity index (χ1) is 8.74. The van der Waals surface area contributed by atoms with Gasteiger partial charge in [0.1, 0.15) is 0 Å². The molecule has 1 saturated carbocycles. The monoisotopic (exact) mass is 246 g/mol. The molecule has 0 spiro atoms. The van der Waals surface area contributed by atoms with Crippen molar-refractivity contribution in [3.63, 3.8) is 0 Å². The molecule has 3 heteroatoms. The molecule has 2 fully saturated rings. The van der Waals surface area contributed by atoms with Crippen molar-refractivity contribution in [1.82, 2.24) is 9.88 Å². The Labute approximate surface area is 109 Å². The number of hydrogen-bond acceptors (Lipinski definition) is 3. The fourth-order valence-corrected chi connectivity index (χ4v) is 2.78. The van der Waals surface area contributed by atoms with Crippen LogP contribution in [0.5, 0.6) is 0 Å². The molecule has 0 N–H and O–H groups in total. The van der Waals surface area contributed by atoms with Gasteiger partial charge in [-0.3, -0.25) is 9.88 Å². The van der Waals surface area contributed by atoms with Crippen LogP contribution in [0.2, 0.25) is 0 Å². The number of hydrogen-bond donors (Lipinski definition) is 0. The molecular formula is C15H22N2O. The molecule has 1 atom stereocenters. The quantitative estimate of drug-likeness (QED) is 0.816. The minimum Gasteiger partial charge on any atom is -0.381 e. The van der Waals surface area contributed by atoms with E-state index < -0.39 is 0 Å². The van der Waals surface area contributed by atoms with Crippen LogP contribution < -0.4 is 0 Å². The molecule has 98 valence electrons. The summed E-state index contributed by atoms with van der Waals surface area (Å²) >= 11 is 0. The summed E-state index contributed by atoms with van der Waals surface area (Å²) < 4.78 is 5.52. The lowest BCUT2D eigenvalue weighted by molar-refractivity contribution is 0.193. The molecule has 0 bridgehead atoms. The number of rotatable bonds is 4. The zero-order valence-corrected chi connectivity index (χ0v) is 11.4. The molecule has 2 heterocycles. The van der Waals surface area contributed by atoms with E-state index in [0.29, 0.717) is 5.92 Å². The van der Waals surface area contributed by atoms with Gasteiger partial charge in [0.15, 0.2) is 0 Å². The first-order valence-corrected chi connectivity index (χ1v) is 6.98. The van der Waals surface area contributed by atoms with Crippen LogP contribution in [0.3, 0.4) is 0 Å². The van der Waals surface area contributed by atoms with Gasteiger partial charge in [-0.25, -0.2) is 0 Å². The topological polar surface area (TPSA) is 25.4 Å². The Balaban J connectivity index is 1.82. The number of nitrogens with zero attached hydrogens (tertiary/aromatic N) is 2. The fraction of sp³-hybridized carbons (Fsp3) is 0.667. The standard InChI is InChI=1S/C15H22N2O/c1-11-3-6-14(12-7-8-18-10-12)15(16-11)9-17(2)13-4-5-13/h3,6,12-13H,4-5,7-10H2,1-2H3. The zero-order valence-electron chi connectivity index (χ0n) is 11.4. The predicted octanol–water partition coefficient (Wildman–Crippen LogP) is 2.49. The average molecular weight is 246 g/mol. The molecule has 0 radical (unpaired) electrons. The maximum absolute atomic E-state index is 5.52. The SMILES string of the molecule is Cc1ccc(C2CCOC2)c(CN(C)C2CC2)n1. The highest BCUT2D eigenvalue weighted by atomic mass is 16.5. The van der Waals surface area contributed by atoms with Crippen molar-refractivity contribution in [2.45, 2.75) is 44.7 Å². The van der Waals surface area contributed by atoms with Crippen molar-refractivity contribution < 1.29 is 4.74 Å². The lowest BCUT2D eigenvalue weighted by Crippen LogP contribution is -2.22. The van der Waals surface area contributed by atoms with Crippen molar-refractivity contribution in [3.8, 4) is 0 Å². The summed E-state index contributed by atoms with van der Waals surface area (Å²) in [6.07, 6.45) is 3.85. The molecule has 0 aromatic carbocycles. The number of aromatic nitrogens is 1. The number of aryl methyl sites for hydroxylation is 1. The van der Waals surface area contributed by atoms with Gasteiger partial charge in [0, 0.05) is 30.8 Å². The molecule has 1 aliphatic heterocycles. The first kappa shape index (κ1) is 12.1. The molecule has 3 rings (SSSR count). The lowest BCUT2D eigenvalue weighted by Gasteiger charge is -2.20. The summed E-state index contributed by atoms with van der Waals surface area (Å²) in [7, 11) is 2.22. The second kappa shape index (κ2) is 4.98. The van der Waals surface area contributed by atoms with E-state index in [1.54, 1.807) is 0 Å². The van der Waals surface area contributed by atoms with Crippen molar-refractivity contribution in [3.05, 3.63) is 29.1 Å². The van der Waals surface area contributed by atoms with Crippen molar-refractivity contribution in [2.24, 2.45) is 0 Å². The van der Waals surface area contributed by atoms with Crippen LogP contribution in [0.15, 0.2) is 12.1 Å². The minimum atomic E-state index is 0.556. The van der Waals surface area contributed by atoms with Crippen LogP contribution in [0.25, 0.3) is 0 Å². The van der Waals surface area contributed by atoms with Gasteiger partial charge in [0.25, 0.3) is 0 Å². The van der Waals surface area contributed by atoms with Gasteiger partial charge in [-0.2, -0.15) is 0 Å². The zero-order chi connectivity index (χ0) is 12.5. The van der Waals surface area contributed by atoms with E-state index in [1.165, 1.54) is 24.1 Å². The summed E-state index contributed by atoms with van der Waals surface area (Å²) in [6, 6.07) is 5.19. The van der Waals surface area contributed by atoms with Gasteiger partial charge in [0.05, 0.1) is 12.3 Å². The Morgan fingerprint density at radius 3 is 2.83 bits per heavy atom. The highest BCUT2D eigenvalue weighted by Gasteiger charge is 2.28. The second-order valence-electron chi connectivity index (χ2n) is 5.70. The van der Waals surface area contributed by atoms with Crippen LogP contribution in [0.1, 0.15) is 42.1 Å². The molecule has 2 aliphatic rings. The average Bonchev–Trinajstić information content (AvgIpc) is 3.07. The second-order valence-corrected chi connectivity index (χ2v) is 5.70. The fourth-order valence-electron chi connectivity index (χ4n) is 2.78. The van der Waals surface area contributed by atoms with Crippen molar-refractivity contribution >= 4 is 0 Å². The smallest absolute Gasteiger partial charge is 0.0582 e. The lowest BCUT2D eigenvalue weighted by atomic mass is 9.96.